The number of benzene rings is 1. The molecule has 5 nitrogen and oxygen atoms in total. The maximum Gasteiger partial charge on any atom is 0.255 e. The normalized spacial score (nSPS) is 20.8. The molecule has 5 heteroatoms. The number of carbonyl (C=O) groups excluding carboxylic acids is 1. The summed E-state index contributed by atoms with van der Waals surface area (Å²) in [5.41, 5.74) is 2.88. The average Bonchev–Trinajstić information content (AvgIpc) is 3.00. The van der Waals surface area contributed by atoms with Crippen molar-refractivity contribution in [3.05, 3.63) is 53.3 Å². The van der Waals surface area contributed by atoms with Crippen LogP contribution in [0.25, 0.3) is 0 Å². The third-order valence-electron chi connectivity index (χ3n) is 4.85. The average molecular weight is 326 g/mol. The van der Waals surface area contributed by atoms with Gasteiger partial charge in [0.1, 0.15) is 0 Å². The van der Waals surface area contributed by atoms with Gasteiger partial charge < -0.3 is 10.6 Å². The molecule has 1 amide bonds. The molecule has 0 spiro atoms. The molecule has 0 bridgehead atoms. The zero-order chi connectivity index (χ0) is 16.9. The molecule has 2 N–H and O–H groups in total. The summed E-state index contributed by atoms with van der Waals surface area (Å²) in [6.45, 7) is 6.83. The minimum atomic E-state index is -0.00767. The van der Waals surface area contributed by atoms with Gasteiger partial charge in [-0.05, 0) is 30.9 Å². The van der Waals surface area contributed by atoms with Crippen LogP contribution in [0.2, 0.25) is 0 Å². The van der Waals surface area contributed by atoms with Crippen molar-refractivity contribution in [2.75, 3.05) is 13.1 Å². The summed E-state index contributed by atoms with van der Waals surface area (Å²) in [6, 6.07) is 10.4. The van der Waals surface area contributed by atoms with Gasteiger partial charge in [-0.2, -0.15) is 5.10 Å². The van der Waals surface area contributed by atoms with Gasteiger partial charge >= 0.3 is 0 Å². The summed E-state index contributed by atoms with van der Waals surface area (Å²) in [5, 5.41) is 11.0. The molecule has 1 aliphatic heterocycles. The highest BCUT2D eigenvalue weighted by Crippen LogP contribution is 2.15. The van der Waals surface area contributed by atoms with Crippen molar-refractivity contribution in [1.29, 1.82) is 0 Å². The van der Waals surface area contributed by atoms with E-state index in [0.29, 0.717) is 18.0 Å². The van der Waals surface area contributed by atoms with Crippen LogP contribution in [0.3, 0.4) is 0 Å². The van der Waals surface area contributed by atoms with Crippen molar-refractivity contribution >= 4 is 5.91 Å². The van der Waals surface area contributed by atoms with Crippen molar-refractivity contribution in [1.82, 2.24) is 20.4 Å². The maximum atomic E-state index is 12.7. The summed E-state index contributed by atoms with van der Waals surface area (Å²) in [7, 11) is 0. The van der Waals surface area contributed by atoms with E-state index in [1.165, 1.54) is 5.56 Å². The first-order chi connectivity index (χ1) is 11.7. The largest absolute Gasteiger partial charge is 0.348 e. The highest BCUT2D eigenvalue weighted by Gasteiger charge is 2.25. The van der Waals surface area contributed by atoms with E-state index in [4.69, 9.17) is 0 Å². The molecular weight excluding hydrogens is 300 g/mol. The summed E-state index contributed by atoms with van der Waals surface area (Å²) < 4.78 is 1.94. The number of nitrogens with one attached hydrogen (secondary N) is 2. The maximum absolute atomic E-state index is 12.7. The molecule has 0 aliphatic carbocycles. The predicted molar refractivity (Wildman–Crippen MR) is 95.1 cm³/mol. The second-order valence-corrected chi connectivity index (χ2v) is 6.55. The van der Waals surface area contributed by atoms with Gasteiger partial charge in [-0.25, -0.2) is 0 Å². The summed E-state index contributed by atoms with van der Waals surface area (Å²) in [6.07, 6.45) is 3.59. The van der Waals surface area contributed by atoms with Crippen LogP contribution >= 0.6 is 0 Å². The van der Waals surface area contributed by atoms with Gasteiger partial charge in [-0.1, -0.05) is 44.2 Å². The monoisotopic (exact) mass is 326 g/mol. The number of hydrogen-bond acceptors (Lipinski definition) is 3. The number of amides is 1. The van der Waals surface area contributed by atoms with Gasteiger partial charge in [-0.3, -0.25) is 9.48 Å². The molecule has 128 valence electrons. The summed E-state index contributed by atoms with van der Waals surface area (Å²) in [5.74, 6) is 0.492. The minimum absolute atomic E-state index is 0.00767. The van der Waals surface area contributed by atoms with Gasteiger partial charge in [0.15, 0.2) is 0 Å². The van der Waals surface area contributed by atoms with E-state index in [1.807, 2.05) is 22.9 Å². The Kier molecular flexibility index (Phi) is 5.30. The van der Waals surface area contributed by atoms with Gasteiger partial charge in [0.05, 0.1) is 24.0 Å². The van der Waals surface area contributed by atoms with E-state index >= 15 is 0 Å². The molecule has 0 saturated carbocycles. The van der Waals surface area contributed by atoms with Crippen LogP contribution in [-0.4, -0.2) is 34.8 Å². The number of carbonyl (C=O) groups is 1. The summed E-state index contributed by atoms with van der Waals surface area (Å²) in [4.78, 5) is 12.7. The first-order valence-electron chi connectivity index (χ1n) is 8.79. The minimum Gasteiger partial charge on any atom is -0.348 e. The Hall–Kier alpha value is -2.14. The van der Waals surface area contributed by atoms with Gasteiger partial charge in [0.2, 0.25) is 0 Å². The van der Waals surface area contributed by atoms with E-state index in [0.717, 1.165) is 31.6 Å². The lowest BCUT2D eigenvalue weighted by atomic mass is 9.94. The van der Waals surface area contributed by atoms with Crippen LogP contribution in [0.15, 0.2) is 36.5 Å². The molecule has 1 saturated heterocycles. The highest BCUT2D eigenvalue weighted by molar-refractivity contribution is 5.95. The highest BCUT2D eigenvalue weighted by atomic mass is 16.1. The molecular formula is C19H26N4O. The van der Waals surface area contributed by atoms with Crippen molar-refractivity contribution in [2.45, 2.75) is 39.3 Å². The predicted octanol–water partition coefficient (Wildman–Crippen LogP) is 2.22. The Morgan fingerprint density at radius 2 is 2.17 bits per heavy atom. The van der Waals surface area contributed by atoms with Gasteiger partial charge in [0.25, 0.3) is 5.91 Å². The van der Waals surface area contributed by atoms with Crippen molar-refractivity contribution < 1.29 is 4.79 Å². The first kappa shape index (κ1) is 16.7. The van der Waals surface area contributed by atoms with Crippen LogP contribution in [0.4, 0.5) is 0 Å². The molecule has 2 unspecified atom stereocenters. The second kappa shape index (κ2) is 7.62. The topological polar surface area (TPSA) is 59.0 Å². The number of hydrogen-bond donors (Lipinski definition) is 2. The van der Waals surface area contributed by atoms with Crippen LogP contribution < -0.4 is 10.6 Å². The van der Waals surface area contributed by atoms with Crippen molar-refractivity contribution in [3.8, 4) is 0 Å². The van der Waals surface area contributed by atoms with E-state index in [2.05, 4.69) is 41.7 Å². The fourth-order valence-corrected chi connectivity index (χ4v) is 3.30. The lowest BCUT2D eigenvalue weighted by molar-refractivity contribution is 0.0914. The molecule has 2 aromatic rings. The molecule has 1 aromatic heterocycles. The number of aromatic nitrogens is 2. The molecule has 1 fully saturated rings. The Morgan fingerprint density at radius 1 is 1.38 bits per heavy atom. The Bertz CT molecular complexity index is 680. The Labute approximate surface area is 143 Å². The molecule has 1 aliphatic rings. The van der Waals surface area contributed by atoms with E-state index in [1.54, 1.807) is 6.20 Å². The molecule has 3 rings (SSSR count). The number of rotatable bonds is 5. The summed E-state index contributed by atoms with van der Waals surface area (Å²) >= 11 is 0. The Balaban J connectivity index is 1.74. The van der Waals surface area contributed by atoms with Crippen LogP contribution in [-0.2, 0) is 13.0 Å². The van der Waals surface area contributed by atoms with Crippen LogP contribution in [0.5, 0.6) is 0 Å². The lowest BCUT2D eigenvalue weighted by Crippen LogP contribution is -2.50. The van der Waals surface area contributed by atoms with Crippen LogP contribution in [0, 0.1) is 5.92 Å². The molecule has 24 heavy (non-hydrogen) atoms. The Morgan fingerprint density at radius 3 is 2.88 bits per heavy atom. The zero-order valence-electron chi connectivity index (χ0n) is 14.5. The van der Waals surface area contributed by atoms with Crippen molar-refractivity contribution in [2.24, 2.45) is 5.92 Å². The molecule has 1 aromatic carbocycles. The number of piperidine rings is 1. The second-order valence-electron chi connectivity index (χ2n) is 6.55. The van der Waals surface area contributed by atoms with Crippen molar-refractivity contribution in [3.63, 3.8) is 0 Å². The number of nitrogens with zero attached hydrogens (tertiary/aromatic N) is 2. The molecule has 2 heterocycles. The quantitative estimate of drug-likeness (QED) is 0.886. The van der Waals surface area contributed by atoms with E-state index < -0.39 is 0 Å². The molecule has 0 radical (unpaired) electrons. The SMILES string of the molecule is CCc1c(C(=O)NC2CNCCC2C)cnn1Cc1ccccc1. The van der Waals surface area contributed by atoms with Crippen LogP contribution in [0.1, 0.15) is 41.9 Å². The fraction of sp³-hybridized carbons (Fsp3) is 0.474. The molecule has 2 atom stereocenters. The van der Waals surface area contributed by atoms with Gasteiger partial charge in [-0.15, -0.1) is 0 Å². The third-order valence-corrected chi connectivity index (χ3v) is 4.85. The smallest absolute Gasteiger partial charge is 0.255 e. The van der Waals surface area contributed by atoms with Gasteiger partial charge in [0, 0.05) is 12.6 Å². The lowest BCUT2D eigenvalue weighted by Gasteiger charge is -2.30. The zero-order valence-corrected chi connectivity index (χ0v) is 14.5. The third kappa shape index (κ3) is 3.67. The standard InChI is InChI=1S/C19H26N4O/c1-3-18-16(19(24)22-17-12-20-10-9-14(17)2)11-21-23(18)13-15-7-5-4-6-8-15/h4-8,11,14,17,20H,3,9-10,12-13H2,1-2H3,(H,22,24). The van der Waals surface area contributed by atoms with E-state index in [9.17, 15) is 4.79 Å². The van der Waals surface area contributed by atoms with E-state index in [-0.39, 0.29) is 11.9 Å². The first-order valence-corrected chi connectivity index (χ1v) is 8.79. The fourth-order valence-electron chi connectivity index (χ4n) is 3.30.